The van der Waals surface area contributed by atoms with Gasteiger partial charge in [0.05, 0.1) is 4.92 Å². The van der Waals surface area contributed by atoms with Gasteiger partial charge in [0.15, 0.2) is 0 Å². The number of nitrogens with zero attached hydrogens (tertiary/aromatic N) is 1. The van der Waals surface area contributed by atoms with Gasteiger partial charge >= 0.3 is 6.61 Å². The minimum absolute atomic E-state index is 0.0527. The van der Waals surface area contributed by atoms with E-state index in [9.17, 15) is 18.9 Å². The van der Waals surface area contributed by atoms with Gasteiger partial charge in [0.25, 0.3) is 5.69 Å². The Morgan fingerprint density at radius 1 is 1.26 bits per heavy atom. The van der Waals surface area contributed by atoms with Crippen LogP contribution in [-0.4, -0.2) is 24.1 Å². The van der Waals surface area contributed by atoms with E-state index in [1.807, 2.05) is 30.3 Å². The smallest absolute Gasteiger partial charge is 0.387 e. The summed E-state index contributed by atoms with van der Waals surface area (Å²) in [5.74, 6) is -0.0527. The molecule has 0 unspecified atom stereocenters. The third-order valence-corrected chi connectivity index (χ3v) is 4.64. The minimum atomic E-state index is -2.99. The molecule has 6 nitrogen and oxygen atoms in total. The molecule has 0 bridgehead atoms. The first kappa shape index (κ1) is 19.2. The van der Waals surface area contributed by atoms with Gasteiger partial charge in [0.1, 0.15) is 5.75 Å². The van der Waals surface area contributed by atoms with Crippen molar-refractivity contribution in [3.8, 4) is 5.75 Å². The number of nitro benzene ring substituents is 1. The maximum Gasteiger partial charge on any atom is 0.387 e. The fourth-order valence-electron chi connectivity index (χ4n) is 3.39. The summed E-state index contributed by atoms with van der Waals surface area (Å²) >= 11 is 0. The predicted octanol–water partition coefficient (Wildman–Crippen LogP) is 3.78. The number of ether oxygens (including phenoxy) is 1. The van der Waals surface area contributed by atoms with Crippen LogP contribution in [0.3, 0.4) is 0 Å². The molecule has 2 atom stereocenters. The zero-order valence-corrected chi connectivity index (χ0v) is 14.6. The number of rotatable bonds is 7. The molecule has 144 valence electrons. The summed E-state index contributed by atoms with van der Waals surface area (Å²) in [6.45, 7) is -1.90. The van der Waals surface area contributed by atoms with Gasteiger partial charge in [0.2, 0.25) is 0 Å². The summed E-state index contributed by atoms with van der Waals surface area (Å²) in [7, 11) is 0. The lowest BCUT2D eigenvalue weighted by atomic mass is 9.92. The lowest BCUT2D eigenvalue weighted by Gasteiger charge is -2.34. The Hall–Kier alpha value is -2.58. The predicted molar refractivity (Wildman–Crippen MR) is 96.8 cm³/mol. The first-order chi connectivity index (χ1) is 13.0. The first-order valence-electron chi connectivity index (χ1n) is 8.78. The second-order valence-electron chi connectivity index (χ2n) is 6.40. The molecule has 1 aliphatic heterocycles. The molecule has 27 heavy (non-hydrogen) atoms. The van der Waals surface area contributed by atoms with Gasteiger partial charge in [-0.05, 0) is 31.0 Å². The number of benzene rings is 2. The van der Waals surface area contributed by atoms with Crippen molar-refractivity contribution in [3.05, 3.63) is 69.8 Å². The van der Waals surface area contributed by atoms with Crippen molar-refractivity contribution in [1.82, 2.24) is 10.6 Å². The van der Waals surface area contributed by atoms with Crippen molar-refractivity contribution >= 4 is 5.69 Å². The minimum Gasteiger partial charge on any atom is -0.434 e. The average Bonchev–Trinajstić information content (AvgIpc) is 2.67. The molecule has 0 spiro atoms. The molecule has 1 heterocycles. The molecular formula is C19H21F2N3O3. The van der Waals surface area contributed by atoms with E-state index in [0.29, 0.717) is 5.56 Å². The zero-order valence-electron chi connectivity index (χ0n) is 14.6. The Bertz CT molecular complexity index is 774. The second-order valence-corrected chi connectivity index (χ2v) is 6.40. The molecule has 0 radical (unpaired) electrons. The van der Waals surface area contributed by atoms with Crippen LogP contribution in [0.5, 0.6) is 5.75 Å². The molecule has 0 aromatic heterocycles. The van der Waals surface area contributed by atoms with Crippen molar-refractivity contribution in [3.63, 3.8) is 0 Å². The molecule has 0 aliphatic carbocycles. The summed E-state index contributed by atoms with van der Waals surface area (Å²) in [6, 6.07) is 13.8. The van der Waals surface area contributed by atoms with E-state index in [0.717, 1.165) is 31.0 Å². The molecule has 0 amide bonds. The molecule has 1 fully saturated rings. The molecular weight excluding hydrogens is 356 g/mol. The maximum absolute atomic E-state index is 12.7. The summed E-state index contributed by atoms with van der Waals surface area (Å²) < 4.78 is 29.8. The van der Waals surface area contributed by atoms with Crippen molar-refractivity contribution in [2.45, 2.75) is 38.1 Å². The van der Waals surface area contributed by atoms with Gasteiger partial charge in [0, 0.05) is 36.3 Å². The van der Waals surface area contributed by atoms with Crippen LogP contribution in [-0.2, 0) is 6.54 Å². The molecule has 2 aromatic carbocycles. The Labute approximate surface area is 155 Å². The van der Waals surface area contributed by atoms with Gasteiger partial charge in [-0.15, -0.1) is 0 Å². The molecule has 1 saturated heterocycles. The summed E-state index contributed by atoms with van der Waals surface area (Å²) in [4.78, 5) is 10.5. The lowest BCUT2D eigenvalue weighted by Crippen LogP contribution is -2.45. The van der Waals surface area contributed by atoms with Gasteiger partial charge in [-0.2, -0.15) is 8.78 Å². The molecule has 3 rings (SSSR count). The third-order valence-electron chi connectivity index (χ3n) is 4.64. The van der Waals surface area contributed by atoms with Crippen molar-refractivity contribution in [1.29, 1.82) is 0 Å². The van der Waals surface area contributed by atoms with Crippen LogP contribution in [0.2, 0.25) is 0 Å². The number of nitrogens with one attached hydrogen (secondary N) is 2. The quantitative estimate of drug-likeness (QED) is 0.567. The Morgan fingerprint density at radius 2 is 2.04 bits per heavy atom. The fourth-order valence-corrected chi connectivity index (χ4v) is 3.39. The topological polar surface area (TPSA) is 76.4 Å². The monoisotopic (exact) mass is 377 g/mol. The SMILES string of the molecule is O=[N+]([O-])c1ccc(OC(F)F)c(CN[C@H]2CCCN[C@H]2c2ccccc2)c1. The van der Waals surface area contributed by atoms with E-state index in [2.05, 4.69) is 15.4 Å². The van der Waals surface area contributed by atoms with Crippen molar-refractivity contribution < 1.29 is 18.4 Å². The number of alkyl halides is 2. The highest BCUT2D eigenvalue weighted by Gasteiger charge is 2.26. The van der Waals surface area contributed by atoms with Gasteiger partial charge in [-0.1, -0.05) is 30.3 Å². The van der Waals surface area contributed by atoms with Crippen LogP contribution in [0.25, 0.3) is 0 Å². The highest BCUT2D eigenvalue weighted by molar-refractivity contribution is 5.44. The summed E-state index contributed by atoms with van der Waals surface area (Å²) in [6.07, 6.45) is 1.89. The second kappa shape index (κ2) is 8.88. The lowest BCUT2D eigenvalue weighted by molar-refractivity contribution is -0.385. The Kier molecular flexibility index (Phi) is 6.31. The first-order valence-corrected chi connectivity index (χ1v) is 8.78. The van der Waals surface area contributed by atoms with Gasteiger partial charge in [-0.3, -0.25) is 10.1 Å². The van der Waals surface area contributed by atoms with Crippen LogP contribution in [0.4, 0.5) is 14.5 Å². The standard InChI is InChI=1S/C19H21F2N3O3/c20-19(21)27-17-9-8-15(24(25)26)11-14(17)12-23-16-7-4-10-22-18(16)13-5-2-1-3-6-13/h1-3,5-6,8-9,11,16,18-19,22-23H,4,7,10,12H2/t16-,18-/m0/s1. The zero-order chi connectivity index (χ0) is 19.2. The number of halogens is 2. The van der Waals surface area contributed by atoms with Gasteiger partial charge < -0.3 is 15.4 Å². The number of piperidine rings is 1. The number of nitro groups is 1. The molecule has 1 aliphatic rings. The highest BCUT2D eigenvalue weighted by atomic mass is 19.3. The molecule has 8 heteroatoms. The fraction of sp³-hybridized carbons (Fsp3) is 0.368. The normalized spacial score (nSPS) is 19.8. The highest BCUT2D eigenvalue weighted by Crippen LogP contribution is 2.28. The number of hydrogen-bond acceptors (Lipinski definition) is 5. The van der Waals surface area contributed by atoms with Gasteiger partial charge in [-0.25, -0.2) is 0 Å². The number of non-ortho nitro benzene ring substituents is 1. The van der Waals surface area contributed by atoms with E-state index < -0.39 is 11.5 Å². The van der Waals surface area contributed by atoms with Crippen LogP contribution in [0.15, 0.2) is 48.5 Å². The molecule has 0 saturated carbocycles. The maximum atomic E-state index is 12.7. The van der Waals surface area contributed by atoms with Crippen LogP contribution in [0.1, 0.15) is 30.0 Å². The summed E-state index contributed by atoms with van der Waals surface area (Å²) in [5, 5.41) is 17.8. The molecule has 2 N–H and O–H groups in total. The average molecular weight is 377 g/mol. The van der Waals surface area contributed by atoms with Crippen molar-refractivity contribution in [2.24, 2.45) is 0 Å². The van der Waals surface area contributed by atoms with Crippen LogP contribution >= 0.6 is 0 Å². The summed E-state index contributed by atoms with van der Waals surface area (Å²) in [5.41, 5.74) is 1.31. The Balaban J connectivity index is 1.77. The van der Waals surface area contributed by atoms with E-state index in [1.165, 1.54) is 12.1 Å². The number of hydrogen-bond donors (Lipinski definition) is 2. The van der Waals surface area contributed by atoms with E-state index >= 15 is 0 Å². The van der Waals surface area contributed by atoms with Crippen LogP contribution < -0.4 is 15.4 Å². The third kappa shape index (κ3) is 4.99. The largest absolute Gasteiger partial charge is 0.434 e. The Morgan fingerprint density at radius 3 is 2.74 bits per heavy atom. The van der Waals surface area contributed by atoms with Crippen molar-refractivity contribution in [2.75, 3.05) is 6.54 Å². The van der Waals surface area contributed by atoms with E-state index in [1.54, 1.807) is 0 Å². The van der Waals surface area contributed by atoms with E-state index in [4.69, 9.17) is 0 Å². The molecule has 2 aromatic rings. The van der Waals surface area contributed by atoms with Crippen LogP contribution in [0, 0.1) is 10.1 Å². The van der Waals surface area contributed by atoms with E-state index in [-0.39, 0.29) is 30.1 Å².